The second-order valence-electron chi connectivity index (χ2n) is 8.82. The third-order valence-electron chi connectivity index (χ3n) is 6.79. The van der Waals surface area contributed by atoms with Gasteiger partial charge in [-0.3, -0.25) is 9.67 Å². The minimum Gasteiger partial charge on any atom is -0.452 e. The van der Waals surface area contributed by atoms with Gasteiger partial charge in [-0.25, -0.2) is 4.98 Å². The van der Waals surface area contributed by atoms with Crippen molar-refractivity contribution in [1.82, 2.24) is 24.6 Å². The zero-order valence-corrected chi connectivity index (χ0v) is 18.8. The number of nitrogen functional groups attached to an aromatic ring is 1. The Morgan fingerprint density at radius 1 is 1.06 bits per heavy atom. The first-order valence-corrected chi connectivity index (χ1v) is 11.6. The van der Waals surface area contributed by atoms with Crippen LogP contribution in [0.5, 0.6) is 0 Å². The Morgan fingerprint density at radius 2 is 1.94 bits per heavy atom. The molecular weight excluding hydrogens is 428 g/mol. The number of rotatable bonds is 5. The van der Waals surface area contributed by atoms with Crippen LogP contribution in [0.3, 0.4) is 0 Å². The number of β-amino-alcohol motifs (C(OH)–C–C–N with tert-alkyl or cyclic N) is 1. The molecule has 34 heavy (non-hydrogen) atoms. The summed E-state index contributed by atoms with van der Waals surface area (Å²) in [5.41, 5.74) is 9.73. The molecule has 1 saturated heterocycles. The van der Waals surface area contributed by atoms with E-state index in [9.17, 15) is 5.11 Å². The smallest absolute Gasteiger partial charge is 0.177 e. The highest BCUT2D eigenvalue weighted by molar-refractivity contribution is 6.03. The molecule has 8 heteroatoms. The van der Waals surface area contributed by atoms with Crippen molar-refractivity contribution >= 4 is 27.6 Å². The monoisotopic (exact) mass is 454 g/mol. The number of piperidine rings is 1. The highest BCUT2D eigenvalue weighted by Gasteiger charge is 2.22. The number of aliphatic hydroxyl groups is 1. The molecule has 0 atom stereocenters. The van der Waals surface area contributed by atoms with Crippen LogP contribution >= 0.6 is 0 Å². The van der Waals surface area contributed by atoms with Crippen LogP contribution < -0.4 is 5.73 Å². The van der Waals surface area contributed by atoms with Crippen molar-refractivity contribution in [2.24, 2.45) is 0 Å². The molecule has 0 saturated carbocycles. The van der Waals surface area contributed by atoms with Crippen molar-refractivity contribution in [3.05, 3.63) is 61.3 Å². The quantitative estimate of drug-likeness (QED) is 0.411. The molecule has 6 rings (SSSR count). The largest absolute Gasteiger partial charge is 0.452 e. The minimum absolute atomic E-state index is 0.207. The third kappa shape index (κ3) is 3.61. The molecule has 0 amide bonds. The van der Waals surface area contributed by atoms with Crippen LogP contribution in [0.25, 0.3) is 44.2 Å². The van der Waals surface area contributed by atoms with Crippen molar-refractivity contribution in [3.63, 3.8) is 0 Å². The van der Waals surface area contributed by atoms with Crippen LogP contribution in [-0.4, -0.2) is 56.0 Å². The molecule has 0 spiro atoms. The van der Waals surface area contributed by atoms with Gasteiger partial charge in [-0.2, -0.15) is 5.10 Å². The van der Waals surface area contributed by atoms with E-state index in [1.165, 1.54) is 0 Å². The molecule has 0 aliphatic carbocycles. The van der Waals surface area contributed by atoms with E-state index in [1.807, 2.05) is 42.7 Å². The second kappa shape index (κ2) is 8.55. The standard InChI is InChI=1S/C26H26N6O2/c27-26-25-22(12-24(34-25)21-3-1-2-17-13-28-7-4-20(17)21)23(15-29-26)18-14-30-32(16-18)19-5-8-31(9-6-19)10-11-33/h1-4,7,12-16,19,33H,5-6,8-11H2,(H2,27,29). The van der Waals surface area contributed by atoms with Gasteiger partial charge in [0.05, 0.1) is 18.8 Å². The Balaban J connectivity index is 1.37. The van der Waals surface area contributed by atoms with Crippen molar-refractivity contribution in [2.45, 2.75) is 18.9 Å². The van der Waals surface area contributed by atoms with Crippen LogP contribution in [0.4, 0.5) is 5.82 Å². The fourth-order valence-electron chi connectivity index (χ4n) is 4.97. The normalized spacial score (nSPS) is 15.4. The van der Waals surface area contributed by atoms with Gasteiger partial charge >= 0.3 is 0 Å². The molecule has 1 aromatic carbocycles. The summed E-state index contributed by atoms with van der Waals surface area (Å²) in [4.78, 5) is 10.9. The molecule has 0 bridgehead atoms. The van der Waals surface area contributed by atoms with Gasteiger partial charge in [-0.05, 0) is 30.4 Å². The van der Waals surface area contributed by atoms with Crippen molar-refractivity contribution in [1.29, 1.82) is 0 Å². The lowest BCUT2D eigenvalue weighted by molar-refractivity contribution is 0.146. The summed E-state index contributed by atoms with van der Waals surface area (Å²) in [5.74, 6) is 1.12. The molecule has 172 valence electrons. The van der Waals surface area contributed by atoms with Crippen LogP contribution in [0.2, 0.25) is 0 Å². The van der Waals surface area contributed by atoms with Gasteiger partial charge in [-0.1, -0.05) is 18.2 Å². The number of likely N-dealkylation sites (tertiary alicyclic amines) is 1. The molecule has 1 aliphatic rings. The zero-order valence-electron chi connectivity index (χ0n) is 18.8. The van der Waals surface area contributed by atoms with Gasteiger partial charge in [-0.15, -0.1) is 0 Å². The van der Waals surface area contributed by atoms with Gasteiger partial charge in [0.25, 0.3) is 0 Å². The molecule has 5 aromatic rings. The average Bonchev–Trinajstić information content (AvgIpc) is 3.53. The number of hydrogen-bond acceptors (Lipinski definition) is 7. The summed E-state index contributed by atoms with van der Waals surface area (Å²) < 4.78 is 8.31. The lowest BCUT2D eigenvalue weighted by Crippen LogP contribution is -2.36. The molecule has 1 fully saturated rings. The summed E-state index contributed by atoms with van der Waals surface area (Å²) in [6, 6.07) is 10.5. The Bertz CT molecular complexity index is 1460. The summed E-state index contributed by atoms with van der Waals surface area (Å²) in [5, 5.41) is 16.9. The molecule has 5 heterocycles. The van der Waals surface area contributed by atoms with E-state index in [4.69, 9.17) is 10.2 Å². The number of aliphatic hydroxyl groups excluding tert-OH is 1. The van der Waals surface area contributed by atoms with E-state index in [0.717, 1.165) is 71.1 Å². The van der Waals surface area contributed by atoms with Crippen LogP contribution in [0.15, 0.2) is 65.7 Å². The second-order valence-corrected chi connectivity index (χ2v) is 8.82. The summed E-state index contributed by atoms with van der Waals surface area (Å²) in [7, 11) is 0. The fourth-order valence-corrected chi connectivity index (χ4v) is 4.97. The van der Waals surface area contributed by atoms with Gasteiger partial charge < -0.3 is 20.2 Å². The number of anilines is 1. The average molecular weight is 455 g/mol. The number of fused-ring (bicyclic) bond motifs is 2. The maximum absolute atomic E-state index is 9.18. The van der Waals surface area contributed by atoms with Crippen molar-refractivity contribution in [3.8, 4) is 22.5 Å². The van der Waals surface area contributed by atoms with Gasteiger partial charge in [0.1, 0.15) is 5.76 Å². The first-order chi connectivity index (χ1) is 16.7. The maximum Gasteiger partial charge on any atom is 0.177 e. The van der Waals surface area contributed by atoms with E-state index in [1.54, 1.807) is 12.4 Å². The Morgan fingerprint density at radius 3 is 2.79 bits per heavy atom. The van der Waals surface area contributed by atoms with Crippen LogP contribution in [-0.2, 0) is 0 Å². The number of aromatic nitrogens is 4. The lowest BCUT2D eigenvalue weighted by Gasteiger charge is -2.31. The van der Waals surface area contributed by atoms with Gasteiger partial charge in [0.15, 0.2) is 11.4 Å². The molecule has 4 aromatic heterocycles. The van der Waals surface area contributed by atoms with E-state index < -0.39 is 0 Å². The van der Waals surface area contributed by atoms with E-state index in [0.29, 0.717) is 17.4 Å². The topological polar surface area (TPSA) is 106 Å². The molecule has 0 unspecified atom stereocenters. The number of benzene rings is 1. The highest BCUT2D eigenvalue weighted by Crippen LogP contribution is 2.38. The van der Waals surface area contributed by atoms with E-state index in [2.05, 4.69) is 30.8 Å². The SMILES string of the molecule is Nc1ncc(-c2cnn(C3CCN(CCO)CC3)c2)c2cc(-c3cccc4cnccc34)oc12. The third-order valence-corrected chi connectivity index (χ3v) is 6.79. The first-order valence-electron chi connectivity index (χ1n) is 11.6. The molecule has 8 nitrogen and oxygen atoms in total. The highest BCUT2D eigenvalue weighted by atomic mass is 16.3. The molecule has 3 N–H and O–H groups in total. The van der Waals surface area contributed by atoms with E-state index >= 15 is 0 Å². The summed E-state index contributed by atoms with van der Waals surface area (Å²) in [6.45, 7) is 2.89. The van der Waals surface area contributed by atoms with E-state index in [-0.39, 0.29) is 6.61 Å². The molecule has 0 radical (unpaired) electrons. The Labute approximate surface area is 196 Å². The maximum atomic E-state index is 9.18. The lowest BCUT2D eigenvalue weighted by atomic mass is 10.0. The number of pyridine rings is 2. The number of furan rings is 1. The molecule has 1 aliphatic heterocycles. The minimum atomic E-state index is 0.207. The Kier molecular flexibility index (Phi) is 5.24. The summed E-state index contributed by atoms with van der Waals surface area (Å²) >= 11 is 0. The number of nitrogens with zero attached hydrogens (tertiary/aromatic N) is 5. The van der Waals surface area contributed by atoms with Gasteiger partial charge in [0, 0.05) is 71.9 Å². The molecular formula is C26H26N6O2. The van der Waals surface area contributed by atoms with Gasteiger partial charge in [0.2, 0.25) is 0 Å². The predicted molar refractivity (Wildman–Crippen MR) is 132 cm³/mol. The number of nitrogens with two attached hydrogens (primary N) is 1. The predicted octanol–water partition coefficient (Wildman–Crippen LogP) is 4.12. The zero-order chi connectivity index (χ0) is 23.1. The fraction of sp³-hybridized carbons (Fsp3) is 0.269. The first kappa shape index (κ1) is 20.8. The summed E-state index contributed by atoms with van der Waals surface area (Å²) in [6.07, 6.45) is 11.5. The number of hydrogen-bond donors (Lipinski definition) is 2. The van der Waals surface area contributed by atoms with Crippen molar-refractivity contribution in [2.75, 3.05) is 32.0 Å². The van der Waals surface area contributed by atoms with Crippen LogP contribution in [0.1, 0.15) is 18.9 Å². The Hall–Kier alpha value is -3.75. The van der Waals surface area contributed by atoms with Crippen LogP contribution in [0, 0.1) is 0 Å². The van der Waals surface area contributed by atoms with Crippen molar-refractivity contribution < 1.29 is 9.52 Å².